The molecule has 1 fully saturated rings. The predicted molar refractivity (Wildman–Crippen MR) is 122 cm³/mol. The van der Waals surface area contributed by atoms with Gasteiger partial charge in [0.15, 0.2) is 0 Å². The molecule has 2 aromatic rings. The first-order chi connectivity index (χ1) is 14.9. The molecule has 1 aromatic carbocycles. The maximum absolute atomic E-state index is 12.7. The Balaban J connectivity index is 0.000000785. The van der Waals surface area contributed by atoms with Crippen LogP contribution in [0, 0.1) is 5.92 Å². The minimum atomic E-state index is -1.83. The molecule has 0 radical (unpaired) electrons. The van der Waals surface area contributed by atoms with Gasteiger partial charge >= 0.3 is 6.16 Å². The maximum Gasteiger partial charge on any atom is 0.503 e. The average molecular weight is 447 g/mol. The van der Waals surface area contributed by atoms with Gasteiger partial charge in [-0.15, -0.1) is 11.3 Å². The lowest BCUT2D eigenvalue weighted by Gasteiger charge is -2.20. The van der Waals surface area contributed by atoms with Crippen LogP contribution in [0.1, 0.15) is 59.8 Å². The largest absolute Gasteiger partial charge is 0.503 e. The third kappa shape index (κ3) is 8.41. The number of anilines is 1. The van der Waals surface area contributed by atoms with Crippen molar-refractivity contribution in [1.82, 2.24) is 5.32 Å². The second-order valence-corrected chi connectivity index (χ2v) is 8.54. The Hall–Kier alpha value is -2.87. The number of carboxylic acid groups (broad SMARTS) is 2. The van der Waals surface area contributed by atoms with E-state index < -0.39 is 6.16 Å². The Kier molecular flexibility index (Phi) is 10.0. The maximum atomic E-state index is 12.7. The predicted octanol–water partition coefficient (Wildman–Crippen LogP) is 5.02. The van der Waals surface area contributed by atoms with E-state index in [4.69, 9.17) is 15.0 Å². The van der Waals surface area contributed by atoms with Crippen molar-refractivity contribution in [3.05, 3.63) is 52.4 Å². The van der Waals surface area contributed by atoms with Crippen molar-refractivity contribution < 1.29 is 24.6 Å². The molecule has 0 spiro atoms. The minimum absolute atomic E-state index is 0.0672. The lowest BCUT2D eigenvalue weighted by molar-refractivity contribution is -0.120. The van der Waals surface area contributed by atoms with E-state index in [1.807, 2.05) is 24.3 Å². The van der Waals surface area contributed by atoms with E-state index in [-0.39, 0.29) is 17.7 Å². The van der Waals surface area contributed by atoms with E-state index in [1.54, 1.807) is 0 Å². The van der Waals surface area contributed by atoms with Crippen molar-refractivity contribution in [2.45, 2.75) is 51.9 Å². The lowest BCUT2D eigenvalue weighted by atomic mass is 9.89. The number of amides is 2. The summed E-state index contributed by atoms with van der Waals surface area (Å²) in [6.07, 6.45) is 5.19. The molecule has 3 rings (SSSR count). The molecule has 1 heterocycles. The summed E-state index contributed by atoms with van der Waals surface area (Å²) in [4.78, 5) is 35.0. The Morgan fingerprint density at radius 2 is 1.71 bits per heavy atom. The topological polar surface area (TPSA) is 116 Å². The van der Waals surface area contributed by atoms with Gasteiger partial charge in [0.25, 0.3) is 5.91 Å². The van der Waals surface area contributed by atoms with Gasteiger partial charge in [0, 0.05) is 17.3 Å². The third-order valence-electron chi connectivity index (χ3n) is 5.13. The van der Waals surface area contributed by atoms with Crippen molar-refractivity contribution in [2.75, 3.05) is 11.9 Å². The zero-order valence-electron chi connectivity index (χ0n) is 17.7. The highest BCUT2D eigenvalue weighted by Gasteiger charge is 2.24. The van der Waals surface area contributed by atoms with Crippen LogP contribution in [0.25, 0.3) is 0 Å². The van der Waals surface area contributed by atoms with Gasteiger partial charge in [-0.25, -0.2) is 4.79 Å². The zero-order valence-corrected chi connectivity index (χ0v) is 18.5. The first-order valence-electron chi connectivity index (χ1n) is 10.6. The molecule has 1 aromatic heterocycles. The van der Waals surface area contributed by atoms with Crippen LogP contribution in [-0.2, 0) is 17.6 Å². The summed E-state index contributed by atoms with van der Waals surface area (Å²) in [5.74, 6) is 0.0401. The lowest BCUT2D eigenvalue weighted by Crippen LogP contribution is -2.28. The molecule has 0 unspecified atom stereocenters. The van der Waals surface area contributed by atoms with Gasteiger partial charge in [-0.3, -0.25) is 9.59 Å². The van der Waals surface area contributed by atoms with Gasteiger partial charge in [0.05, 0.1) is 5.56 Å². The average Bonchev–Trinajstić information content (AvgIpc) is 3.17. The van der Waals surface area contributed by atoms with Crippen molar-refractivity contribution >= 4 is 34.3 Å². The van der Waals surface area contributed by atoms with Crippen LogP contribution >= 0.6 is 11.3 Å². The first-order valence-corrected chi connectivity index (χ1v) is 11.4. The molecule has 0 aliphatic heterocycles. The van der Waals surface area contributed by atoms with Gasteiger partial charge in [-0.2, -0.15) is 0 Å². The number of nitrogens with one attached hydrogen (secondary N) is 2. The van der Waals surface area contributed by atoms with E-state index >= 15 is 0 Å². The van der Waals surface area contributed by atoms with Crippen LogP contribution in [0.2, 0.25) is 0 Å². The van der Waals surface area contributed by atoms with E-state index in [0.29, 0.717) is 17.1 Å². The molecule has 8 heteroatoms. The molecule has 1 saturated carbocycles. The van der Waals surface area contributed by atoms with Crippen LogP contribution in [0.5, 0.6) is 0 Å². The van der Waals surface area contributed by atoms with Crippen molar-refractivity contribution in [3.8, 4) is 0 Å². The summed E-state index contributed by atoms with van der Waals surface area (Å²) in [5.41, 5.74) is 1.79. The highest BCUT2D eigenvalue weighted by atomic mass is 32.1. The summed E-state index contributed by atoms with van der Waals surface area (Å²) in [7, 11) is 0. The summed E-state index contributed by atoms with van der Waals surface area (Å²) in [6, 6.07) is 12.0. The summed E-state index contributed by atoms with van der Waals surface area (Å²) < 4.78 is 0. The van der Waals surface area contributed by atoms with E-state index in [0.717, 1.165) is 43.4 Å². The molecule has 1 aliphatic rings. The Morgan fingerprint density at radius 3 is 2.32 bits per heavy atom. The molecular formula is C23H30N2O5S. The first kappa shape index (κ1) is 24.4. The van der Waals surface area contributed by atoms with Gasteiger partial charge in [-0.05, 0) is 37.3 Å². The molecule has 0 atom stereocenters. The fourth-order valence-corrected chi connectivity index (χ4v) is 4.51. The molecule has 0 saturated heterocycles. The summed E-state index contributed by atoms with van der Waals surface area (Å²) >= 11 is 1.52. The van der Waals surface area contributed by atoms with Gasteiger partial charge in [0.2, 0.25) is 5.91 Å². The van der Waals surface area contributed by atoms with Crippen LogP contribution in [0.3, 0.4) is 0 Å². The third-order valence-corrected chi connectivity index (χ3v) is 6.33. The normalized spacial score (nSPS) is 13.6. The summed E-state index contributed by atoms with van der Waals surface area (Å²) in [5, 5.41) is 20.7. The minimum Gasteiger partial charge on any atom is -0.450 e. The van der Waals surface area contributed by atoms with Crippen molar-refractivity contribution in [3.63, 3.8) is 0 Å². The molecule has 2 amide bonds. The van der Waals surface area contributed by atoms with Gasteiger partial charge in [-0.1, -0.05) is 56.5 Å². The number of thiophene rings is 1. The number of aryl methyl sites for hydroxylation is 1. The quantitative estimate of drug-likeness (QED) is 0.476. The fraction of sp³-hybridized carbons (Fsp3) is 0.435. The Morgan fingerprint density at radius 1 is 1.06 bits per heavy atom. The Labute approximate surface area is 186 Å². The number of carbonyl (C=O) groups is 3. The molecule has 4 N–H and O–H groups in total. The van der Waals surface area contributed by atoms with Crippen LogP contribution < -0.4 is 10.6 Å². The standard InChI is InChI=1S/C22H28N2O2S.CH2O3/c1-2-18-15-19(21(26)23-14-13-16-9-5-3-6-10-16)22(27-18)24-20(25)17-11-7-4-8-12-17;2-1(3)4/h3,5-6,9-10,15,17H,2,4,7-8,11-14H2,1H3,(H,23,26)(H,24,25);(H2,2,3,4). The molecule has 168 valence electrons. The SMILES string of the molecule is CCc1cc(C(=O)NCCc2ccccc2)c(NC(=O)C2CCCCC2)s1.O=C(O)O. The second kappa shape index (κ2) is 12.7. The van der Waals surface area contributed by atoms with Crippen LogP contribution in [0.4, 0.5) is 9.80 Å². The second-order valence-electron chi connectivity index (χ2n) is 7.41. The molecule has 7 nitrogen and oxygen atoms in total. The van der Waals surface area contributed by atoms with Gasteiger partial charge < -0.3 is 20.8 Å². The number of hydrogen-bond donors (Lipinski definition) is 4. The van der Waals surface area contributed by atoms with Crippen LogP contribution in [0.15, 0.2) is 36.4 Å². The monoisotopic (exact) mass is 446 g/mol. The van der Waals surface area contributed by atoms with Crippen LogP contribution in [-0.4, -0.2) is 34.7 Å². The van der Waals surface area contributed by atoms with E-state index in [1.165, 1.54) is 23.3 Å². The number of hydrogen-bond acceptors (Lipinski definition) is 4. The summed E-state index contributed by atoms with van der Waals surface area (Å²) in [6.45, 7) is 2.64. The van der Waals surface area contributed by atoms with E-state index in [2.05, 4.69) is 29.7 Å². The smallest absolute Gasteiger partial charge is 0.450 e. The number of carbonyl (C=O) groups excluding carboxylic acids is 2. The molecule has 1 aliphatic carbocycles. The Bertz CT molecular complexity index is 856. The number of benzene rings is 1. The molecule has 0 bridgehead atoms. The fourth-order valence-electron chi connectivity index (χ4n) is 3.52. The van der Waals surface area contributed by atoms with Crippen molar-refractivity contribution in [1.29, 1.82) is 0 Å². The highest BCUT2D eigenvalue weighted by Crippen LogP contribution is 2.31. The zero-order chi connectivity index (χ0) is 22.6. The van der Waals surface area contributed by atoms with E-state index in [9.17, 15) is 9.59 Å². The van der Waals surface area contributed by atoms with Crippen molar-refractivity contribution in [2.24, 2.45) is 5.92 Å². The molecular weight excluding hydrogens is 416 g/mol. The number of rotatable bonds is 7. The highest BCUT2D eigenvalue weighted by molar-refractivity contribution is 7.16. The molecule has 31 heavy (non-hydrogen) atoms. The van der Waals surface area contributed by atoms with Gasteiger partial charge in [0.1, 0.15) is 5.00 Å².